The molecule has 0 aromatic carbocycles. The standard InChI is InChI=1S/C10H15N3O.ClH/c14-9-4-2-6-12-10(9)13-8-3-1-5-11-7-8;/h2,4,6,8,11,14H,1,3,5,7H2,(H,12,13);1H/t8-;/m0./s1. The number of aromatic hydroxyl groups is 1. The number of rotatable bonds is 2. The van der Waals surface area contributed by atoms with Crippen molar-refractivity contribution in [2.75, 3.05) is 18.4 Å². The van der Waals surface area contributed by atoms with E-state index < -0.39 is 0 Å². The first-order chi connectivity index (χ1) is 6.86. The summed E-state index contributed by atoms with van der Waals surface area (Å²) in [5, 5.41) is 16.0. The van der Waals surface area contributed by atoms with Crippen LogP contribution in [0.15, 0.2) is 18.3 Å². The van der Waals surface area contributed by atoms with Gasteiger partial charge in [-0.25, -0.2) is 4.98 Å². The first-order valence-corrected chi connectivity index (χ1v) is 4.97. The molecule has 0 unspecified atom stereocenters. The fraction of sp³-hybridized carbons (Fsp3) is 0.500. The number of pyridine rings is 1. The predicted molar refractivity (Wildman–Crippen MR) is 62.7 cm³/mol. The second-order valence-electron chi connectivity index (χ2n) is 3.56. The van der Waals surface area contributed by atoms with Crippen LogP contribution in [0.1, 0.15) is 12.8 Å². The van der Waals surface area contributed by atoms with Gasteiger partial charge in [-0.05, 0) is 31.5 Å². The number of hydrogen-bond acceptors (Lipinski definition) is 4. The van der Waals surface area contributed by atoms with Gasteiger partial charge in [0.15, 0.2) is 11.6 Å². The Morgan fingerprint density at radius 2 is 2.40 bits per heavy atom. The highest BCUT2D eigenvalue weighted by Crippen LogP contribution is 2.20. The number of hydrogen-bond donors (Lipinski definition) is 3. The van der Waals surface area contributed by atoms with Crippen LogP contribution in [0.2, 0.25) is 0 Å². The van der Waals surface area contributed by atoms with Gasteiger partial charge in [0.25, 0.3) is 0 Å². The van der Waals surface area contributed by atoms with Gasteiger partial charge < -0.3 is 15.7 Å². The monoisotopic (exact) mass is 229 g/mol. The topological polar surface area (TPSA) is 57.2 Å². The van der Waals surface area contributed by atoms with Crippen molar-refractivity contribution < 1.29 is 5.11 Å². The summed E-state index contributed by atoms with van der Waals surface area (Å²) in [5.41, 5.74) is 0. The van der Waals surface area contributed by atoms with Crippen molar-refractivity contribution in [1.82, 2.24) is 10.3 Å². The summed E-state index contributed by atoms with van der Waals surface area (Å²) in [6.07, 6.45) is 3.98. The third-order valence-corrected chi connectivity index (χ3v) is 2.42. The minimum Gasteiger partial charge on any atom is -0.504 e. The van der Waals surface area contributed by atoms with Crippen LogP contribution in [0.25, 0.3) is 0 Å². The molecule has 1 aliphatic heterocycles. The summed E-state index contributed by atoms with van der Waals surface area (Å²) in [5.74, 6) is 0.805. The molecule has 2 rings (SSSR count). The van der Waals surface area contributed by atoms with Gasteiger partial charge in [0, 0.05) is 18.8 Å². The van der Waals surface area contributed by atoms with Crippen molar-refractivity contribution in [1.29, 1.82) is 0 Å². The van der Waals surface area contributed by atoms with Gasteiger partial charge in [-0.3, -0.25) is 0 Å². The highest BCUT2D eigenvalue weighted by Gasteiger charge is 2.13. The molecule has 15 heavy (non-hydrogen) atoms. The Kier molecular flexibility index (Phi) is 4.65. The Morgan fingerprint density at radius 3 is 3.07 bits per heavy atom. The highest BCUT2D eigenvalue weighted by molar-refractivity contribution is 5.85. The maximum absolute atomic E-state index is 9.50. The third-order valence-electron chi connectivity index (χ3n) is 2.42. The molecule has 1 fully saturated rings. The van der Waals surface area contributed by atoms with E-state index in [1.54, 1.807) is 18.3 Å². The van der Waals surface area contributed by atoms with Crippen molar-refractivity contribution in [3.8, 4) is 5.75 Å². The van der Waals surface area contributed by atoms with Crippen LogP contribution in [0.5, 0.6) is 5.75 Å². The normalized spacial score (nSPS) is 20.4. The Bertz CT molecular complexity index is 302. The lowest BCUT2D eigenvalue weighted by Gasteiger charge is -2.24. The van der Waals surface area contributed by atoms with Gasteiger partial charge in [0.1, 0.15) is 0 Å². The number of aromatic nitrogens is 1. The molecule has 4 nitrogen and oxygen atoms in total. The van der Waals surface area contributed by atoms with Gasteiger partial charge in [0.05, 0.1) is 0 Å². The molecule has 0 aliphatic carbocycles. The van der Waals surface area contributed by atoms with Crippen molar-refractivity contribution in [2.24, 2.45) is 0 Å². The SMILES string of the molecule is Cl.Oc1cccnc1N[C@H]1CCCNC1. The highest BCUT2D eigenvalue weighted by atomic mass is 35.5. The van der Waals surface area contributed by atoms with E-state index in [-0.39, 0.29) is 18.2 Å². The van der Waals surface area contributed by atoms with Crippen LogP contribution in [-0.4, -0.2) is 29.2 Å². The number of anilines is 1. The zero-order valence-electron chi connectivity index (χ0n) is 8.44. The van der Waals surface area contributed by atoms with E-state index in [4.69, 9.17) is 0 Å². The van der Waals surface area contributed by atoms with Gasteiger partial charge >= 0.3 is 0 Å². The Morgan fingerprint density at radius 1 is 1.53 bits per heavy atom. The van der Waals surface area contributed by atoms with Gasteiger partial charge in [-0.1, -0.05) is 0 Å². The quantitative estimate of drug-likeness (QED) is 0.717. The number of piperidine rings is 1. The van der Waals surface area contributed by atoms with E-state index in [1.165, 1.54) is 6.42 Å². The summed E-state index contributed by atoms with van der Waals surface area (Å²) >= 11 is 0. The van der Waals surface area contributed by atoms with Crippen molar-refractivity contribution in [2.45, 2.75) is 18.9 Å². The Hall–Kier alpha value is -1.00. The predicted octanol–water partition coefficient (Wildman–Crippen LogP) is 1.37. The molecule has 0 radical (unpaired) electrons. The van der Waals surface area contributed by atoms with E-state index >= 15 is 0 Å². The fourth-order valence-electron chi connectivity index (χ4n) is 1.68. The first-order valence-electron chi connectivity index (χ1n) is 4.97. The second-order valence-corrected chi connectivity index (χ2v) is 3.56. The van der Waals surface area contributed by atoms with E-state index in [2.05, 4.69) is 15.6 Å². The lowest BCUT2D eigenvalue weighted by molar-refractivity contribution is 0.460. The van der Waals surface area contributed by atoms with E-state index in [0.29, 0.717) is 11.9 Å². The van der Waals surface area contributed by atoms with Crippen LogP contribution < -0.4 is 10.6 Å². The molecule has 1 aromatic rings. The summed E-state index contributed by atoms with van der Waals surface area (Å²) in [6, 6.07) is 3.75. The molecule has 0 amide bonds. The molecule has 0 spiro atoms. The second kappa shape index (κ2) is 5.78. The van der Waals surface area contributed by atoms with Crippen LogP contribution in [0.3, 0.4) is 0 Å². The molecule has 3 N–H and O–H groups in total. The summed E-state index contributed by atoms with van der Waals surface area (Å²) in [7, 11) is 0. The summed E-state index contributed by atoms with van der Waals surface area (Å²) in [4.78, 5) is 4.08. The average molecular weight is 230 g/mol. The van der Waals surface area contributed by atoms with Crippen LogP contribution in [0, 0.1) is 0 Å². The van der Waals surface area contributed by atoms with Crippen LogP contribution in [0.4, 0.5) is 5.82 Å². The number of nitrogens with one attached hydrogen (secondary N) is 2. The maximum atomic E-state index is 9.50. The van der Waals surface area contributed by atoms with Crippen molar-refractivity contribution in [3.05, 3.63) is 18.3 Å². The third kappa shape index (κ3) is 3.25. The van der Waals surface area contributed by atoms with Gasteiger partial charge in [-0.2, -0.15) is 0 Å². The van der Waals surface area contributed by atoms with Gasteiger partial charge in [-0.15, -0.1) is 12.4 Å². The zero-order valence-corrected chi connectivity index (χ0v) is 9.26. The lowest BCUT2D eigenvalue weighted by atomic mass is 10.1. The minimum atomic E-state index is 0. The summed E-state index contributed by atoms with van der Waals surface area (Å²) < 4.78 is 0. The van der Waals surface area contributed by atoms with Crippen molar-refractivity contribution in [3.63, 3.8) is 0 Å². The van der Waals surface area contributed by atoms with E-state index in [0.717, 1.165) is 19.5 Å². The van der Waals surface area contributed by atoms with Gasteiger partial charge in [0.2, 0.25) is 0 Å². The molecule has 1 aromatic heterocycles. The van der Waals surface area contributed by atoms with E-state index in [1.807, 2.05) is 0 Å². The molecule has 1 atom stereocenters. The minimum absolute atomic E-state index is 0. The molecule has 5 heteroatoms. The molecule has 1 aliphatic rings. The molecular formula is C10H16ClN3O. The molecule has 0 bridgehead atoms. The van der Waals surface area contributed by atoms with Crippen molar-refractivity contribution >= 4 is 18.2 Å². The number of halogens is 1. The molecule has 2 heterocycles. The average Bonchev–Trinajstić information content (AvgIpc) is 2.23. The molecule has 84 valence electrons. The summed E-state index contributed by atoms with van der Waals surface area (Å²) in [6.45, 7) is 2.03. The number of nitrogens with zero attached hydrogens (tertiary/aromatic N) is 1. The maximum Gasteiger partial charge on any atom is 0.168 e. The smallest absolute Gasteiger partial charge is 0.168 e. The largest absolute Gasteiger partial charge is 0.504 e. The Balaban J connectivity index is 0.00000112. The molecule has 0 saturated carbocycles. The van der Waals surface area contributed by atoms with Crippen LogP contribution >= 0.6 is 12.4 Å². The zero-order chi connectivity index (χ0) is 9.80. The fourth-order valence-corrected chi connectivity index (χ4v) is 1.68. The lowest BCUT2D eigenvalue weighted by Crippen LogP contribution is -2.38. The van der Waals surface area contributed by atoms with E-state index in [9.17, 15) is 5.11 Å². The molecule has 1 saturated heterocycles. The molecular weight excluding hydrogens is 214 g/mol. The first kappa shape index (κ1) is 12.1. The Labute approximate surface area is 95.5 Å². The van der Waals surface area contributed by atoms with Crippen LogP contribution in [-0.2, 0) is 0 Å².